The normalized spacial score (nSPS) is 9.69. The van der Waals surface area contributed by atoms with Crippen molar-refractivity contribution in [2.24, 2.45) is 5.73 Å². The Hall–Kier alpha value is -1.35. The first kappa shape index (κ1) is 9.74. The van der Waals surface area contributed by atoms with Crippen molar-refractivity contribution in [2.75, 3.05) is 18.4 Å². The highest BCUT2D eigenvalue weighted by atomic mass is 16.1. The van der Waals surface area contributed by atoms with Crippen molar-refractivity contribution in [3.05, 3.63) is 29.8 Å². The van der Waals surface area contributed by atoms with Crippen LogP contribution < -0.4 is 11.1 Å². The second-order valence-corrected chi connectivity index (χ2v) is 2.96. The molecule has 0 saturated heterocycles. The monoisotopic (exact) mass is 178 g/mol. The van der Waals surface area contributed by atoms with E-state index >= 15 is 0 Å². The Morgan fingerprint density at radius 3 is 2.54 bits per heavy atom. The van der Waals surface area contributed by atoms with E-state index in [2.05, 4.69) is 5.32 Å². The molecule has 1 aromatic rings. The summed E-state index contributed by atoms with van der Waals surface area (Å²) in [6.45, 7) is 2.42. The topological polar surface area (TPSA) is 55.1 Å². The summed E-state index contributed by atoms with van der Waals surface area (Å²) in [5.74, 6) is 0.0144. The molecular formula is C10H14N2O. The molecule has 0 aliphatic rings. The predicted molar refractivity (Wildman–Crippen MR) is 53.7 cm³/mol. The molecule has 3 heteroatoms. The van der Waals surface area contributed by atoms with Crippen LogP contribution >= 0.6 is 0 Å². The van der Waals surface area contributed by atoms with Gasteiger partial charge in [0.05, 0.1) is 13.1 Å². The highest BCUT2D eigenvalue weighted by molar-refractivity contribution is 5.84. The molecule has 0 aliphatic heterocycles. The molecule has 0 aliphatic carbocycles. The fourth-order valence-electron chi connectivity index (χ4n) is 0.944. The van der Waals surface area contributed by atoms with Crippen molar-refractivity contribution in [3.63, 3.8) is 0 Å². The van der Waals surface area contributed by atoms with Gasteiger partial charge in [-0.25, -0.2) is 0 Å². The lowest BCUT2D eigenvalue weighted by molar-refractivity contribution is -0.116. The van der Waals surface area contributed by atoms with Crippen LogP contribution in [0.1, 0.15) is 5.56 Å². The lowest BCUT2D eigenvalue weighted by atomic mass is 10.2. The van der Waals surface area contributed by atoms with Gasteiger partial charge in [0.25, 0.3) is 0 Å². The summed E-state index contributed by atoms with van der Waals surface area (Å²) in [7, 11) is 0. The van der Waals surface area contributed by atoms with Gasteiger partial charge < -0.3 is 11.1 Å². The minimum absolute atomic E-state index is 0.0144. The molecule has 3 N–H and O–H groups in total. The van der Waals surface area contributed by atoms with E-state index < -0.39 is 0 Å². The first-order valence-corrected chi connectivity index (χ1v) is 4.24. The zero-order valence-electron chi connectivity index (χ0n) is 7.71. The molecule has 0 spiro atoms. The smallest absolute Gasteiger partial charge is 0.165 e. The average molecular weight is 178 g/mol. The van der Waals surface area contributed by atoms with Gasteiger partial charge in [-0.1, -0.05) is 17.7 Å². The summed E-state index contributed by atoms with van der Waals surface area (Å²) < 4.78 is 0. The molecule has 0 amide bonds. The summed E-state index contributed by atoms with van der Waals surface area (Å²) in [5, 5.41) is 2.99. The molecule has 13 heavy (non-hydrogen) atoms. The number of nitrogens with one attached hydrogen (secondary N) is 1. The van der Waals surface area contributed by atoms with Crippen LogP contribution in [-0.4, -0.2) is 18.9 Å². The fraction of sp³-hybridized carbons (Fsp3) is 0.300. The molecule has 1 aromatic carbocycles. The third-order valence-electron chi connectivity index (χ3n) is 1.77. The van der Waals surface area contributed by atoms with E-state index in [9.17, 15) is 4.79 Å². The quantitative estimate of drug-likeness (QED) is 0.721. The molecule has 3 nitrogen and oxygen atoms in total. The maximum absolute atomic E-state index is 10.9. The van der Waals surface area contributed by atoms with E-state index in [0.29, 0.717) is 6.54 Å². The Labute approximate surface area is 77.9 Å². The van der Waals surface area contributed by atoms with Crippen LogP contribution in [0.2, 0.25) is 0 Å². The summed E-state index contributed by atoms with van der Waals surface area (Å²) in [4.78, 5) is 10.9. The van der Waals surface area contributed by atoms with Crippen molar-refractivity contribution >= 4 is 11.5 Å². The maximum atomic E-state index is 10.9. The SMILES string of the molecule is Cc1ccc(NCC(=O)CN)cc1. The highest BCUT2D eigenvalue weighted by Gasteiger charge is 1.97. The molecule has 0 saturated carbocycles. The number of carbonyl (C=O) groups is 1. The Morgan fingerprint density at radius 1 is 1.38 bits per heavy atom. The van der Waals surface area contributed by atoms with Gasteiger partial charge >= 0.3 is 0 Å². The summed E-state index contributed by atoms with van der Waals surface area (Å²) in [6.07, 6.45) is 0. The van der Waals surface area contributed by atoms with E-state index in [4.69, 9.17) is 5.73 Å². The van der Waals surface area contributed by atoms with E-state index in [1.807, 2.05) is 31.2 Å². The van der Waals surface area contributed by atoms with E-state index in [0.717, 1.165) is 5.69 Å². The van der Waals surface area contributed by atoms with Gasteiger partial charge in [-0.2, -0.15) is 0 Å². The molecule has 0 fully saturated rings. The van der Waals surface area contributed by atoms with Crippen LogP contribution in [0.5, 0.6) is 0 Å². The number of hydrogen-bond donors (Lipinski definition) is 2. The van der Waals surface area contributed by atoms with Gasteiger partial charge in [0.15, 0.2) is 5.78 Å². The first-order valence-electron chi connectivity index (χ1n) is 4.24. The number of hydrogen-bond acceptors (Lipinski definition) is 3. The number of Topliss-reactive ketones (excluding diaryl/α,β-unsaturated/α-hetero) is 1. The molecule has 0 bridgehead atoms. The minimum Gasteiger partial charge on any atom is -0.378 e. The summed E-state index contributed by atoms with van der Waals surface area (Å²) in [6, 6.07) is 7.88. The number of ketones is 1. The first-order chi connectivity index (χ1) is 6.22. The fourth-order valence-corrected chi connectivity index (χ4v) is 0.944. The Balaban J connectivity index is 2.46. The van der Waals surface area contributed by atoms with Gasteiger partial charge in [-0.15, -0.1) is 0 Å². The third-order valence-corrected chi connectivity index (χ3v) is 1.77. The van der Waals surface area contributed by atoms with Crippen molar-refractivity contribution in [2.45, 2.75) is 6.92 Å². The van der Waals surface area contributed by atoms with Gasteiger partial charge in [-0.3, -0.25) is 4.79 Å². The molecule has 70 valence electrons. The van der Waals surface area contributed by atoms with Crippen LogP contribution in [0.3, 0.4) is 0 Å². The number of aryl methyl sites for hydroxylation is 1. The van der Waals surface area contributed by atoms with Crippen LogP contribution in [0.15, 0.2) is 24.3 Å². The minimum atomic E-state index is 0.0144. The molecule has 0 radical (unpaired) electrons. The molecule has 0 unspecified atom stereocenters. The lowest BCUT2D eigenvalue weighted by Gasteiger charge is -2.04. The Morgan fingerprint density at radius 2 is 2.00 bits per heavy atom. The van der Waals surface area contributed by atoms with Gasteiger partial charge in [0, 0.05) is 5.69 Å². The number of rotatable bonds is 4. The average Bonchev–Trinajstić information content (AvgIpc) is 2.16. The van der Waals surface area contributed by atoms with E-state index in [-0.39, 0.29) is 12.3 Å². The molecular weight excluding hydrogens is 164 g/mol. The number of anilines is 1. The summed E-state index contributed by atoms with van der Waals surface area (Å²) in [5.41, 5.74) is 7.33. The second-order valence-electron chi connectivity index (χ2n) is 2.96. The molecule has 0 heterocycles. The van der Waals surface area contributed by atoms with Gasteiger partial charge in [0.2, 0.25) is 0 Å². The number of nitrogens with two attached hydrogens (primary N) is 1. The van der Waals surface area contributed by atoms with Crippen molar-refractivity contribution in [3.8, 4) is 0 Å². The molecule has 0 aromatic heterocycles. The largest absolute Gasteiger partial charge is 0.378 e. The zero-order chi connectivity index (χ0) is 9.68. The lowest BCUT2D eigenvalue weighted by Crippen LogP contribution is -2.22. The predicted octanol–water partition coefficient (Wildman–Crippen LogP) is 0.935. The Bertz CT molecular complexity index is 279. The molecule has 1 rings (SSSR count). The van der Waals surface area contributed by atoms with Crippen LogP contribution in [-0.2, 0) is 4.79 Å². The van der Waals surface area contributed by atoms with Crippen molar-refractivity contribution < 1.29 is 4.79 Å². The van der Waals surface area contributed by atoms with Gasteiger partial charge in [-0.05, 0) is 19.1 Å². The van der Waals surface area contributed by atoms with Crippen molar-refractivity contribution in [1.29, 1.82) is 0 Å². The maximum Gasteiger partial charge on any atom is 0.165 e. The van der Waals surface area contributed by atoms with Crippen molar-refractivity contribution in [1.82, 2.24) is 0 Å². The standard InChI is InChI=1S/C10H14N2O/c1-8-2-4-9(5-3-8)12-7-10(13)6-11/h2-5,12H,6-7,11H2,1H3. The zero-order valence-corrected chi connectivity index (χ0v) is 7.71. The molecule has 0 atom stereocenters. The van der Waals surface area contributed by atoms with Gasteiger partial charge in [0.1, 0.15) is 0 Å². The third kappa shape index (κ3) is 3.25. The number of carbonyl (C=O) groups excluding carboxylic acids is 1. The van der Waals surface area contributed by atoms with Crippen LogP contribution in [0, 0.1) is 6.92 Å². The van der Waals surface area contributed by atoms with E-state index in [1.165, 1.54) is 5.56 Å². The van der Waals surface area contributed by atoms with Crippen LogP contribution in [0.25, 0.3) is 0 Å². The second kappa shape index (κ2) is 4.62. The highest BCUT2D eigenvalue weighted by Crippen LogP contribution is 2.07. The Kier molecular flexibility index (Phi) is 3.46. The number of benzene rings is 1. The summed E-state index contributed by atoms with van der Waals surface area (Å²) >= 11 is 0. The van der Waals surface area contributed by atoms with Crippen LogP contribution in [0.4, 0.5) is 5.69 Å². The van der Waals surface area contributed by atoms with E-state index in [1.54, 1.807) is 0 Å².